The average molecular weight is 307 g/mol. The number of aryl methyl sites for hydroxylation is 3. The summed E-state index contributed by atoms with van der Waals surface area (Å²) >= 11 is 0. The van der Waals surface area contributed by atoms with Gasteiger partial charge in [0.15, 0.2) is 0 Å². The van der Waals surface area contributed by atoms with Crippen LogP contribution in [-0.4, -0.2) is 15.3 Å². The number of hydrogen-bond donors (Lipinski definition) is 1. The molecule has 0 spiro atoms. The first-order valence-corrected chi connectivity index (χ1v) is 7.88. The zero-order chi connectivity index (χ0) is 16.2. The van der Waals surface area contributed by atoms with Crippen molar-refractivity contribution in [1.29, 1.82) is 0 Å². The molecule has 0 atom stereocenters. The summed E-state index contributed by atoms with van der Waals surface area (Å²) in [6, 6.07) is 14.3. The Hall–Kier alpha value is -2.62. The number of pyridine rings is 1. The van der Waals surface area contributed by atoms with Gasteiger partial charge in [-0.1, -0.05) is 35.9 Å². The van der Waals surface area contributed by atoms with E-state index in [0.29, 0.717) is 13.0 Å². The van der Waals surface area contributed by atoms with Crippen molar-refractivity contribution in [3.63, 3.8) is 0 Å². The quantitative estimate of drug-likeness (QED) is 0.787. The second-order valence-electron chi connectivity index (χ2n) is 5.89. The highest BCUT2D eigenvalue weighted by atomic mass is 16.1. The molecule has 2 heterocycles. The molecule has 0 saturated carbocycles. The van der Waals surface area contributed by atoms with Crippen molar-refractivity contribution in [2.24, 2.45) is 0 Å². The van der Waals surface area contributed by atoms with Gasteiger partial charge in [-0.15, -0.1) is 0 Å². The van der Waals surface area contributed by atoms with Gasteiger partial charge in [0, 0.05) is 18.3 Å². The van der Waals surface area contributed by atoms with Crippen LogP contribution in [-0.2, 0) is 17.8 Å². The summed E-state index contributed by atoms with van der Waals surface area (Å²) < 4.78 is 2.04. The molecule has 0 bridgehead atoms. The topological polar surface area (TPSA) is 46.4 Å². The third kappa shape index (κ3) is 3.77. The number of carbonyl (C=O) groups is 1. The van der Waals surface area contributed by atoms with Crippen molar-refractivity contribution < 1.29 is 4.79 Å². The van der Waals surface area contributed by atoms with Crippen molar-refractivity contribution in [3.8, 4) is 0 Å². The van der Waals surface area contributed by atoms with E-state index in [1.807, 2.05) is 35.7 Å². The number of benzene rings is 1. The molecule has 118 valence electrons. The summed E-state index contributed by atoms with van der Waals surface area (Å²) in [4.78, 5) is 16.5. The highest BCUT2D eigenvalue weighted by Crippen LogP contribution is 2.09. The Labute approximate surface area is 136 Å². The van der Waals surface area contributed by atoms with Crippen LogP contribution in [0.1, 0.15) is 28.9 Å². The maximum atomic E-state index is 12.0. The largest absolute Gasteiger partial charge is 0.350 e. The lowest BCUT2D eigenvalue weighted by molar-refractivity contribution is -0.121. The fourth-order valence-electron chi connectivity index (χ4n) is 2.57. The van der Waals surface area contributed by atoms with Crippen LogP contribution in [0, 0.1) is 13.8 Å². The van der Waals surface area contributed by atoms with Gasteiger partial charge in [-0.05, 0) is 38.0 Å². The Morgan fingerprint density at radius 3 is 2.65 bits per heavy atom. The van der Waals surface area contributed by atoms with Crippen molar-refractivity contribution >= 4 is 11.6 Å². The lowest BCUT2D eigenvalue weighted by Gasteiger charge is -2.04. The summed E-state index contributed by atoms with van der Waals surface area (Å²) in [5.41, 5.74) is 5.35. The van der Waals surface area contributed by atoms with E-state index in [4.69, 9.17) is 0 Å². The standard InChI is InChI=1S/C19H21N3O/c1-14-6-8-16(9-7-14)10-11-19(23)20-12-17-13-22-15(2)4-3-5-18(22)21-17/h3-9,13H,10-12H2,1-2H3,(H,20,23). The maximum absolute atomic E-state index is 12.0. The zero-order valence-electron chi connectivity index (χ0n) is 13.5. The number of fused-ring (bicyclic) bond motifs is 1. The van der Waals surface area contributed by atoms with Crippen LogP contribution in [0.25, 0.3) is 5.65 Å². The highest BCUT2D eigenvalue weighted by Gasteiger charge is 2.06. The zero-order valence-corrected chi connectivity index (χ0v) is 13.5. The summed E-state index contributed by atoms with van der Waals surface area (Å²) in [5, 5.41) is 2.95. The predicted molar refractivity (Wildman–Crippen MR) is 91.3 cm³/mol. The monoisotopic (exact) mass is 307 g/mol. The van der Waals surface area contributed by atoms with E-state index < -0.39 is 0 Å². The number of amides is 1. The fraction of sp³-hybridized carbons (Fsp3) is 0.263. The summed E-state index contributed by atoms with van der Waals surface area (Å²) in [6.45, 7) is 4.57. The SMILES string of the molecule is Cc1ccc(CCC(=O)NCc2cn3c(C)cccc3n2)cc1. The van der Waals surface area contributed by atoms with Gasteiger partial charge in [0.05, 0.1) is 12.2 Å². The van der Waals surface area contributed by atoms with Crippen LogP contribution in [0.3, 0.4) is 0 Å². The summed E-state index contributed by atoms with van der Waals surface area (Å²) in [7, 11) is 0. The van der Waals surface area contributed by atoms with Gasteiger partial charge < -0.3 is 9.72 Å². The van der Waals surface area contributed by atoms with E-state index in [1.54, 1.807) is 0 Å². The molecule has 1 N–H and O–H groups in total. The van der Waals surface area contributed by atoms with Gasteiger partial charge in [-0.2, -0.15) is 0 Å². The lowest BCUT2D eigenvalue weighted by atomic mass is 10.1. The first-order chi connectivity index (χ1) is 11.1. The number of nitrogens with one attached hydrogen (secondary N) is 1. The Kier molecular flexibility index (Phi) is 4.42. The number of imidazole rings is 1. The number of nitrogens with zero attached hydrogens (tertiary/aromatic N) is 2. The molecular weight excluding hydrogens is 286 g/mol. The molecule has 4 nitrogen and oxygen atoms in total. The summed E-state index contributed by atoms with van der Waals surface area (Å²) in [5.74, 6) is 0.0550. The molecule has 2 aromatic heterocycles. The normalized spacial score (nSPS) is 10.9. The van der Waals surface area contributed by atoms with Gasteiger partial charge in [0.1, 0.15) is 5.65 Å². The molecule has 3 rings (SSSR count). The molecule has 0 aliphatic heterocycles. The molecule has 0 aliphatic carbocycles. The highest BCUT2D eigenvalue weighted by molar-refractivity contribution is 5.76. The van der Waals surface area contributed by atoms with Crippen LogP contribution < -0.4 is 5.32 Å². The Bertz CT molecular complexity index is 818. The molecule has 4 heteroatoms. The van der Waals surface area contributed by atoms with Crippen LogP contribution in [0.4, 0.5) is 0 Å². The molecule has 3 aromatic rings. The smallest absolute Gasteiger partial charge is 0.220 e. The first kappa shape index (κ1) is 15.3. The van der Waals surface area contributed by atoms with E-state index in [2.05, 4.69) is 41.5 Å². The van der Waals surface area contributed by atoms with Gasteiger partial charge in [0.2, 0.25) is 5.91 Å². The minimum absolute atomic E-state index is 0.0550. The average Bonchev–Trinajstić information content (AvgIpc) is 2.97. The van der Waals surface area contributed by atoms with Crippen molar-refractivity contribution in [3.05, 3.63) is 71.2 Å². The minimum Gasteiger partial charge on any atom is -0.350 e. The van der Waals surface area contributed by atoms with Crippen molar-refractivity contribution in [2.45, 2.75) is 33.2 Å². The first-order valence-electron chi connectivity index (χ1n) is 7.88. The van der Waals surface area contributed by atoms with Crippen LogP contribution in [0.15, 0.2) is 48.7 Å². The van der Waals surface area contributed by atoms with Crippen LogP contribution in [0.5, 0.6) is 0 Å². The molecule has 1 amide bonds. The molecule has 0 saturated heterocycles. The Morgan fingerprint density at radius 1 is 1.13 bits per heavy atom. The number of carbonyl (C=O) groups excluding carboxylic acids is 1. The molecule has 0 radical (unpaired) electrons. The van der Waals surface area contributed by atoms with E-state index in [0.717, 1.165) is 23.5 Å². The number of hydrogen-bond acceptors (Lipinski definition) is 2. The molecule has 1 aromatic carbocycles. The Balaban J connectivity index is 1.53. The molecule has 0 aliphatic rings. The molecule has 23 heavy (non-hydrogen) atoms. The van der Waals surface area contributed by atoms with Gasteiger partial charge >= 0.3 is 0 Å². The lowest BCUT2D eigenvalue weighted by Crippen LogP contribution is -2.23. The van der Waals surface area contributed by atoms with Gasteiger partial charge in [-0.25, -0.2) is 4.98 Å². The van der Waals surface area contributed by atoms with Crippen LogP contribution in [0.2, 0.25) is 0 Å². The fourth-order valence-corrected chi connectivity index (χ4v) is 2.57. The number of aromatic nitrogens is 2. The minimum atomic E-state index is 0.0550. The van der Waals surface area contributed by atoms with E-state index in [9.17, 15) is 4.79 Å². The third-order valence-corrected chi connectivity index (χ3v) is 3.97. The van der Waals surface area contributed by atoms with E-state index >= 15 is 0 Å². The van der Waals surface area contributed by atoms with Crippen molar-refractivity contribution in [2.75, 3.05) is 0 Å². The third-order valence-electron chi connectivity index (χ3n) is 3.97. The molecule has 0 unspecified atom stereocenters. The Morgan fingerprint density at radius 2 is 1.91 bits per heavy atom. The van der Waals surface area contributed by atoms with E-state index in [1.165, 1.54) is 11.1 Å². The number of rotatable bonds is 5. The molecular formula is C19H21N3O. The maximum Gasteiger partial charge on any atom is 0.220 e. The van der Waals surface area contributed by atoms with Crippen molar-refractivity contribution in [1.82, 2.24) is 14.7 Å². The predicted octanol–water partition coefficient (Wildman–Crippen LogP) is 3.20. The van der Waals surface area contributed by atoms with Gasteiger partial charge in [-0.3, -0.25) is 4.79 Å². The summed E-state index contributed by atoms with van der Waals surface area (Å²) in [6.07, 6.45) is 3.23. The second-order valence-corrected chi connectivity index (χ2v) is 5.89. The van der Waals surface area contributed by atoms with Gasteiger partial charge in [0.25, 0.3) is 0 Å². The van der Waals surface area contributed by atoms with E-state index in [-0.39, 0.29) is 5.91 Å². The second kappa shape index (κ2) is 6.65. The van der Waals surface area contributed by atoms with Crippen LogP contribution >= 0.6 is 0 Å². The molecule has 0 fully saturated rings.